The molecule has 0 unspecified atom stereocenters. The largest absolute Gasteiger partial charge is 0.314 e. The SMILES string of the molecule is O=S(=O)(C=Cc1ccccc1)NCCc1nncn1C1CC1. The van der Waals surface area contributed by atoms with Crippen molar-refractivity contribution in [1.29, 1.82) is 0 Å². The summed E-state index contributed by atoms with van der Waals surface area (Å²) in [5.41, 5.74) is 0.848. The van der Waals surface area contributed by atoms with Gasteiger partial charge in [0.1, 0.15) is 12.2 Å². The summed E-state index contributed by atoms with van der Waals surface area (Å²) in [6, 6.07) is 9.82. The van der Waals surface area contributed by atoms with Crippen LogP contribution in [-0.2, 0) is 16.4 Å². The van der Waals surface area contributed by atoms with Crippen LogP contribution in [0.25, 0.3) is 6.08 Å². The van der Waals surface area contributed by atoms with Gasteiger partial charge in [0.25, 0.3) is 0 Å². The molecule has 1 fully saturated rings. The van der Waals surface area contributed by atoms with E-state index in [0.29, 0.717) is 19.0 Å². The molecule has 1 aliphatic rings. The first-order chi connectivity index (χ1) is 10.6. The summed E-state index contributed by atoms with van der Waals surface area (Å²) in [5, 5.41) is 9.14. The quantitative estimate of drug-likeness (QED) is 0.843. The van der Waals surface area contributed by atoms with E-state index in [1.807, 2.05) is 34.9 Å². The monoisotopic (exact) mass is 318 g/mol. The molecule has 6 nitrogen and oxygen atoms in total. The zero-order chi connectivity index (χ0) is 15.4. The molecule has 1 saturated carbocycles. The molecular formula is C15H18N4O2S. The Labute approximate surface area is 129 Å². The van der Waals surface area contributed by atoms with Crippen molar-refractivity contribution in [2.45, 2.75) is 25.3 Å². The van der Waals surface area contributed by atoms with Crippen molar-refractivity contribution in [2.24, 2.45) is 0 Å². The van der Waals surface area contributed by atoms with Crippen molar-refractivity contribution in [3.8, 4) is 0 Å². The number of benzene rings is 1. The summed E-state index contributed by atoms with van der Waals surface area (Å²) in [4.78, 5) is 0. The number of nitrogens with one attached hydrogen (secondary N) is 1. The number of hydrogen-bond donors (Lipinski definition) is 1. The van der Waals surface area contributed by atoms with Crippen LogP contribution >= 0.6 is 0 Å². The van der Waals surface area contributed by atoms with E-state index in [1.54, 1.807) is 12.4 Å². The van der Waals surface area contributed by atoms with Crippen LogP contribution in [0, 0.1) is 0 Å². The number of sulfonamides is 1. The zero-order valence-corrected chi connectivity index (χ0v) is 12.9. The van der Waals surface area contributed by atoms with Crippen molar-refractivity contribution < 1.29 is 8.42 Å². The highest BCUT2D eigenvalue weighted by atomic mass is 32.2. The summed E-state index contributed by atoms with van der Waals surface area (Å²) < 4.78 is 28.4. The second-order valence-electron chi connectivity index (χ2n) is 5.29. The number of rotatable bonds is 7. The lowest BCUT2D eigenvalue weighted by atomic mass is 10.2. The van der Waals surface area contributed by atoms with Gasteiger partial charge < -0.3 is 4.57 Å². The first kappa shape index (κ1) is 14.9. The maximum absolute atomic E-state index is 11.9. The summed E-state index contributed by atoms with van der Waals surface area (Å²) in [6.07, 6.45) is 6.13. The molecule has 7 heteroatoms. The van der Waals surface area contributed by atoms with Crippen molar-refractivity contribution in [3.05, 3.63) is 53.5 Å². The van der Waals surface area contributed by atoms with Gasteiger partial charge in [0.05, 0.1) is 0 Å². The van der Waals surface area contributed by atoms with E-state index in [1.165, 1.54) is 5.41 Å². The standard InChI is InChI=1S/C15H18N4O2S/c20-22(21,11-9-13-4-2-1-3-5-13)17-10-8-15-18-16-12-19(15)14-6-7-14/h1-5,9,11-12,14,17H,6-8,10H2. The van der Waals surface area contributed by atoms with E-state index in [4.69, 9.17) is 0 Å². The molecule has 0 radical (unpaired) electrons. The lowest BCUT2D eigenvalue weighted by Crippen LogP contribution is -2.24. The molecule has 1 aromatic heterocycles. The molecule has 116 valence electrons. The molecule has 0 amide bonds. The average Bonchev–Trinajstić information content (AvgIpc) is 3.26. The second kappa shape index (κ2) is 6.41. The topological polar surface area (TPSA) is 76.9 Å². The Kier molecular flexibility index (Phi) is 4.35. The molecule has 22 heavy (non-hydrogen) atoms. The van der Waals surface area contributed by atoms with Crippen LogP contribution in [0.4, 0.5) is 0 Å². The van der Waals surface area contributed by atoms with Crippen LogP contribution in [0.5, 0.6) is 0 Å². The van der Waals surface area contributed by atoms with E-state index in [0.717, 1.165) is 24.2 Å². The van der Waals surface area contributed by atoms with E-state index in [2.05, 4.69) is 14.9 Å². The highest BCUT2D eigenvalue weighted by Crippen LogP contribution is 2.35. The van der Waals surface area contributed by atoms with E-state index < -0.39 is 10.0 Å². The van der Waals surface area contributed by atoms with Gasteiger partial charge in [-0.2, -0.15) is 0 Å². The van der Waals surface area contributed by atoms with Crippen LogP contribution in [0.15, 0.2) is 42.1 Å². The summed E-state index contributed by atoms with van der Waals surface area (Å²) in [5.74, 6) is 0.831. The summed E-state index contributed by atoms with van der Waals surface area (Å²) >= 11 is 0. The fraction of sp³-hybridized carbons (Fsp3) is 0.333. The fourth-order valence-electron chi connectivity index (χ4n) is 2.19. The molecule has 0 atom stereocenters. The maximum atomic E-state index is 11.9. The lowest BCUT2D eigenvalue weighted by Gasteiger charge is -2.05. The van der Waals surface area contributed by atoms with E-state index in [9.17, 15) is 8.42 Å². The third-order valence-electron chi connectivity index (χ3n) is 3.48. The molecule has 2 aromatic rings. The van der Waals surface area contributed by atoms with Crippen LogP contribution in [0.3, 0.4) is 0 Å². The Morgan fingerprint density at radius 2 is 2.05 bits per heavy atom. The Bertz CT molecular complexity index is 749. The van der Waals surface area contributed by atoms with Crippen molar-refractivity contribution in [2.75, 3.05) is 6.54 Å². The smallest absolute Gasteiger partial charge is 0.233 e. The fourth-order valence-corrected chi connectivity index (χ4v) is 3.01. The van der Waals surface area contributed by atoms with Gasteiger partial charge in [-0.25, -0.2) is 13.1 Å². The Morgan fingerprint density at radius 3 is 2.77 bits per heavy atom. The minimum atomic E-state index is -3.44. The highest BCUT2D eigenvalue weighted by molar-refractivity contribution is 7.92. The molecular weight excluding hydrogens is 300 g/mol. The third-order valence-corrected chi connectivity index (χ3v) is 4.58. The van der Waals surface area contributed by atoms with Crippen molar-refractivity contribution in [3.63, 3.8) is 0 Å². The van der Waals surface area contributed by atoms with Gasteiger partial charge >= 0.3 is 0 Å². The van der Waals surface area contributed by atoms with Crippen LogP contribution in [-0.4, -0.2) is 29.7 Å². The van der Waals surface area contributed by atoms with Gasteiger partial charge in [0, 0.05) is 24.4 Å². The second-order valence-corrected chi connectivity index (χ2v) is 6.94. The van der Waals surface area contributed by atoms with Gasteiger partial charge in [-0.3, -0.25) is 0 Å². The molecule has 0 bridgehead atoms. The van der Waals surface area contributed by atoms with Crippen LogP contribution in [0.2, 0.25) is 0 Å². The summed E-state index contributed by atoms with van der Waals surface area (Å²) in [7, 11) is -3.44. The minimum absolute atomic E-state index is 0.312. The molecule has 1 aromatic carbocycles. The molecule has 1 N–H and O–H groups in total. The van der Waals surface area contributed by atoms with Gasteiger partial charge in [-0.05, 0) is 24.5 Å². The minimum Gasteiger partial charge on any atom is -0.314 e. The van der Waals surface area contributed by atoms with Crippen LogP contribution in [0.1, 0.15) is 30.3 Å². The average molecular weight is 318 g/mol. The van der Waals surface area contributed by atoms with Crippen LogP contribution < -0.4 is 4.72 Å². The Hall–Kier alpha value is -1.99. The Balaban J connectivity index is 1.54. The lowest BCUT2D eigenvalue weighted by molar-refractivity contribution is 0.587. The number of hydrogen-bond acceptors (Lipinski definition) is 4. The molecule has 1 heterocycles. The van der Waals surface area contributed by atoms with E-state index in [-0.39, 0.29) is 0 Å². The highest BCUT2D eigenvalue weighted by Gasteiger charge is 2.25. The third kappa shape index (κ3) is 4.02. The molecule has 1 aliphatic carbocycles. The van der Waals surface area contributed by atoms with Gasteiger partial charge in [-0.15, -0.1) is 10.2 Å². The molecule has 0 saturated heterocycles. The predicted octanol–water partition coefficient (Wildman–Crippen LogP) is 1.75. The van der Waals surface area contributed by atoms with Gasteiger partial charge in [0.2, 0.25) is 10.0 Å². The van der Waals surface area contributed by atoms with Gasteiger partial charge in [0.15, 0.2) is 0 Å². The van der Waals surface area contributed by atoms with Crippen molar-refractivity contribution >= 4 is 16.1 Å². The first-order valence-electron chi connectivity index (χ1n) is 7.25. The van der Waals surface area contributed by atoms with Crippen molar-refractivity contribution in [1.82, 2.24) is 19.5 Å². The van der Waals surface area contributed by atoms with Gasteiger partial charge in [-0.1, -0.05) is 30.3 Å². The number of aromatic nitrogens is 3. The molecule has 0 aliphatic heterocycles. The first-order valence-corrected chi connectivity index (χ1v) is 8.80. The normalized spacial score (nSPS) is 15.5. The zero-order valence-electron chi connectivity index (χ0n) is 12.1. The summed E-state index contributed by atoms with van der Waals surface area (Å²) in [6.45, 7) is 0.312. The maximum Gasteiger partial charge on any atom is 0.233 e. The molecule has 0 spiro atoms. The number of nitrogens with zero attached hydrogens (tertiary/aromatic N) is 3. The molecule has 3 rings (SSSR count). The Morgan fingerprint density at radius 1 is 1.27 bits per heavy atom. The predicted molar refractivity (Wildman–Crippen MR) is 84.4 cm³/mol. The van der Waals surface area contributed by atoms with E-state index >= 15 is 0 Å².